The van der Waals surface area contributed by atoms with Gasteiger partial charge in [0, 0.05) is 12.6 Å². The molecule has 0 aliphatic rings. The number of nitrogens with one attached hydrogen (secondary N) is 1. The van der Waals surface area contributed by atoms with Gasteiger partial charge >= 0.3 is 11.6 Å². The van der Waals surface area contributed by atoms with E-state index in [-0.39, 0.29) is 12.1 Å². The summed E-state index contributed by atoms with van der Waals surface area (Å²) in [6.45, 7) is 1.82. The molecule has 0 aliphatic carbocycles. The fourth-order valence-electron chi connectivity index (χ4n) is 1.11. The molecular formula is C11H13NO5. The predicted octanol–water partition coefficient (Wildman–Crippen LogP) is 0.480. The monoisotopic (exact) mass is 239 g/mol. The van der Waals surface area contributed by atoms with E-state index in [4.69, 9.17) is 5.11 Å². The van der Waals surface area contributed by atoms with Crippen LogP contribution in [0.25, 0.3) is 0 Å². The Balaban J connectivity index is 2.43. The second kappa shape index (κ2) is 5.83. The maximum Gasteiger partial charge on any atom is 0.335 e. The standard InChI is InChI=1S/C11H13NO5/c1-7(11(15)16)4-5-12-10(14)8-2-3-9(13)17-6-8/h2-3,6-7H,4-5H2,1H3,(H,12,14)(H,15,16). The van der Waals surface area contributed by atoms with E-state index in [0.29, 0.717) is 6.42 Å². The molecule has 6 nitrogen and oxygen atoms in total. The number of carboxylic acids is 1. The van der Waals surface area contributed by atoms with Gasteiger partial charge in [-0.15, -0.1) is 0 Å². The van der Waals surface area contributed by atoms with Crippen LogP contribution in [-0.2, 0) is 4.79 Å². The minimum absolute atomic E-state index is 0.229. The lowest BCUT2D eigenvalue weighted by molar-refractivity contribution is -0.141. The zero-order valence-electron chi connectivity index (χ0n) is 9.30. The van der Waals surface area contributed by atoms with Crippen LogP contribution < -0.4 is 10.9 Å². The largest absolute Gasteiger partial charge is 0.481 e. The Bertz CT molecular complexity index is 445. The molecule has 1 atom stereocenters. The maximum absolute atomic E-state index is 11.5. The zero-order valence-corrected chi connectivity index (χ0v) is 9.30. The molecule has 1 unspecified atom stereocenters. The van der Waals surface area contributed by atoms with E-state index < -0.39 is 23.4 Å². The van der Waals surface area contributed by atoms with Gasteiger partial charge in [-0.3, -0.25) is 9.59 Å². The first-order valence-electron chi connectivity index (χ1n) is 5.10. The van der Waals surface area contributed by atoms with Crippen molar-refractivity contribution < 1.29 is 19.1 Å². The first kappa shape index (κ1) is 13.0. The van der Waals surface area contributed by atoms with Gasteiger partial charge in [0.05, 0.1) is 11.5 Å². The number of carbonyl (C=O) groups excluding carboxylic acids is 1. The van der Waals surface area contributed by atoms with Crippen molar-refractivity contribution in [2.75, 3.05) is 6.54 Å². The molecule has 1 rings (SSSR count). The Labute approximate surface area is 97.3 Å². The summed E-state index contributed by atoms with van der Waals surface area (Å²) in [5, 5.41) is 11.2. The zero-order chi connectivity index (χ0) is 12.8. The summed E-state index contributed by atoms with van der Waals surface area (Å²) in [6, 6.07) is 2.50. The van der Waals surface area contributed by atoms with Crippen molar-refractivity contribution in [2.45, 2.75) is 13.3 Å². The third kappa shape index (κ3) is 4.10. The van der Waals surface area contributed by atoms with Gasteiger partial charge < -0.3 is 14.8 Å². The van der Waals surface area contributed by atoms with E-state index in [0.717, 1.165) is 12.3 Å². The third-order valence-electron chi connectivity index (χ3n) is 2.25. The van der Waals surface area contributed by atoms with E-state index in [2.05, 4.69) is 9.73 Å². The second-order valence-corrected chi connectivity index (χ2v) is 3.63. The molecule has 2 N–H and O–H groups in total. The lowest BCUT2D eigenvalue weighted by atomic mass is 10.1. The summed E-state index contributed by atoms with van der Waals surface area (Å²) in [7, 11) is 0. The number of hydrogen-bond acceptors (Lipinski definition) is 4. The van der Waals surface area contributed by atoms with Gasteiger partial charge in [0.2, 0.25) is 0 Å². The first-order chi connectivity index (χ1) is 8.00. The summed E-state index contributed by atoms with van der Waals surface area (Å²) in [4.78, 5) is 32.7. The summed E-state index contributed by atoms with van der Waals surface area (Å²) in [5.41, 5.74) is -0.298. The highest BCUT2D eigenvalue weighted by Crippen LogP contribution is 2.00. The van der Waals surface area contributed by atoms with Crippen LogP contribution in [0.5, 0.6) is 0 Å². The van der Waals surface area contributed by atoms with Crippen LogP contribution in [0.4, 0.5) is 0 Å². The van der Waals surface area contributed by atoms with Crippen molar-refractivity contribution in [3.05, 3.63) is 34.4 Å². The highest BCUT2D eigenvalue weighted by atomic mass is 16.4. The molecule has 1 heterocycles. The quantitative estimate of drug-likeness (QED) is 0.779. The minimum Gasteiger partial charge on any atom is -0.481 e. The van der Waals surface area contributed by atoms with E-state index in [9.17, 15) is 14.4 Å². The molecule has 1 aromatic heterocycles. The summed E-state index contributed by atoms with van der Waals surface area (Å²) in [6.07, 6.45) is 1.41. The number of amides is 1. The molecule has 6 heteroatoms. The molecule has 0 aromatic carbocycles. The van der Waals surface area contributed by atoms with Crippen LogP contribution in [0, 0.1) is 5.92 Å². The lowest BCUT2D eigenvalue weighted by Gasteiger charge is -2.07. The third-order valence-corrected chi connectivity index (χ3v) is 2.25. The molecule has 0 aliphatic heterocycles. The van der Waals surface area contributed by atoms with Crippen molar-refractivity contribution in [1.29, 1.82) is 0 Å². The topological polar surface area (TPSA) is 96.6 Å². The van der Waals surface area contributed by atoms with Gasteiger partial charge in [-0.25, -0.2) is 4.79 Å². The van der Waals surface area contributed by atoms with E-state index in [1.807, 2.05) is 0 Å². The Morgan fingerprint density at radius 1 is 1.47 bits per heavy atom. The number of hydrogen-bond donors (Lipinski definition) is 2. The van der Waals surface area contributed by atoms with Crippen LogP contribution in [0.1, 0.15) is 23.7 Å². The van der Waals surface area contributed by atoms with Gasteiger partial charge in [0.25, 0.3) is 5.91 Å². The molecule has 0 spiro atoms. The first-order valence-corrected chi connectivity index (χ1v) is 5.10. The molecule has 1 aromatic rings. The minimum atomic E-state index is -0.898. The molecular weight excluding hydrogens is 226 g/mol. The fourth-order valence-corrected chi connectivity index (χ4v) is 1.11. The van der Waals surface area contributed by atoms with Crippen LogP contribution in [-0.4, -0.2) is 23.5 Å². The highest BCUT2D eigenvalue weighted by Gasteiger charge is 2.11. The van der Waals surface area contributed by atoms with Crippen molar-refractivity contribution >= 4 is 11.9 Å². The number of carbonyl (C=O) groups is 2. The molecule has 0 bridgehead atoms. The van der Waals surface area contributed by atoms with Gasteiger partial charge in [-0.05, 0) is 12.5 Å². The Kier molecular flexibility index (Phi) is 4.45. The van der Waals surface area contributed by atoms with E-state index in [1.54, 1.807) is 6.92 Å². The van der Waals surface area contributed by atoms with Gasteiger partial charge in [0.1, 0.15) is 6.26 Å². The second-order valence-electron chi connectivity index (χ2n) is 3.63. The Morgan fingerprint density at radius 2 is 2.18 bits per heavy atom. The molecule has 0 fully saturated rings. The SMILES string of the molecule is CC(CCNC(=O)c1ccc(=O)oc1)C(=O)O. The van der Waals surface area contributed by atoms with Crippen LogP contribution in [0.3, 0.4) is 0 Å². The molecule has 0 radical (unpaired) electrons. The fraction of sp³-hybridized carbons (Fsp3) is 0.364. The summed E-state index contributed by atoms with van der Waals surface area (Å²) in [5.74, 6) is -1.81. The molecule has 1 amide bonds. The van der Waals surface area contributed by atoms with E-state index in [1.165, 1.54) is 6.07 Å². The summed E-state index contributed by atoms with van der Waals surface area (Å²) >= 11 is 0. The Hall–Kier alpha value is -2.11. The highest BCUT2D eigenvalue weighted by molar-refractivity contribution is 5.93. The van der Waals surface area contributed by atoms with Gasteiger partial charge in [0.15, 0.2) is 0 Å². The van der Waals surface area contributed by atoms with Crippen LogP contribution in [0.15, 0.2) is 27.6 Å². The number of aliphatic carboxylic acids is 1. The molecule has 17 heavy (non-hydrogen) atoms. The normalized spacial score (nSPS) is 11.8. The number of carboxylic acid groups (broad SMARTS) is 1. The Morgan fingerprint density at radius 3 is 2.71 bits per heavy atom. The summed E-state index contributed by atoms with van der Waals surface area (Å²) < 4.78 is 4.53. The molecule has 92 valence electrons. The average Bonchev–Trinajstić information content (AvgIpc) is 2.29. The van der Waals surface area contributed by atoms with Crippen molar-refractivity contribution in [3.63, 3.8) is 0 Å². The predicted molar refractivity (Wildman–Crippen MR) is 58.7 cm³/mol. The lowest BCUT2D eigenvalue weighted by Crippen LogP contribution is -2.27. The van der Waals surface area contributed by atoms with Crippen molar-refractivity contribution in [3.8, 4) is 0 Å². The van der Waals surface area contributed by atoms with E-state index >= 15 is 0 Å². The van der Waals surface area contributed by atoms with Crippen LogP contribution in [0.2, 0.25) is 0 Å². The van der Waals surface area contributed by atoms with Gasteiger partial charge in [-0.2, -0.15) is 0 Å². The van der Waals surface area contributed by atoms with Crippen LogP contribution >= 0.6 is 0 Å². The maximum atomic E-state index is 11.5. The average molecular weight is 239 g/mol. The molecule has 0 saturated heterocycles. The number of rotatable bonds is 5. The smallest absolute Gasteiger partial charge is 0.335 e. The van der Waals surface area contributed by atoms with Crippen molar-refractivity contribution in [2.24, 2.45) is 5.92 Å². The van der Waals surface area contributed by atoms with Crippen molar-refractivity contribution in [1.82, 2.24) is 5.32 Å². The molecule has 0 saturated carbocycles. The van der Waals surface area contributed by atoms with Gasteiger partial charge in [-0.1, -0.05) is 6.92 Å².